The molecule has 8 heterocycles. The lowest BCUT2D eigenvalue weighted by Crippen LogP contribution is -2.64. The molecule has 5 amide bonds. The van der Waals surface area contributed by atoms with Crippen LogP contribution in [-0.4, -0.2) is 223 Å². The average Bonchev–Trinajstić information content (AvgIpc) is 0.765. The second-order valence-corrected chi connectivity index (χ2v) is 36.7. The van der Waals surface area contributed by atoms with Gasteiger partial charge in [0.1, 0.15) is 108 Å². The number of Topliss-reactive ketones (excluding diaryl/α,β-unsaturated/α-hetero) is 2. The molecule has 15 rings (SSSR count). The molecule has 0 aromatic heterocycles. The summed E-state index contributed by atoms with van der Waals surface area (Å²) in [5.74, 6) is -20.8. The molecule has 36 nitrogen and oxygen atoms in total. The van der Waals surface area contributed by atoms with Gasteiger partial charge in [0.15, 0.2) is 41.7 Å². The second kappa shape index (κ2) is 41.6. The average molecular weight is 1920 g/mol. The molecule has 0 spiro atoms. The summed E-state index contributed by atoms with van der Waals surface area (Å²) < 4.78 is 107. The number of halogens is 5. The first kappa shape index (κ1) is 99.7. The number of hydrogen-bond donors (Lipinski definition) is 18. The number of ketones is 2. The van der Waals surface area contributed by atoms with E-state index >= 15 is 24.0 Å². The van der Waals surface area contributed by atoms with Crippen molar-refractivity contribution in [1.82, 2.24) is 21.3 Å². The highest BCUT2D eigenvalue weighted by Crippen LogP contribution is 2.51. The van der Waals surface area contributed by atoms with Crippen molar-refractivity contribution in [2.45, 2.75) is 237 Å². The summed E-state index contributed by atoms with van der Waals surface area (Å²) in [5.41, 5.74) is 9.44. The van der Waals surface area contributed by atoms with Crippen molar-refractivity contribution in [1.29, 1.82) is 0 Å². The molecular formula is C91H101Cl2F3N6O30S. The number of aryl methyl sites for hydroxylation is 1. The van der Waals surface area contributed by atoms with E-state index in [1.807, 2.05) is 13.8 Å². The third-order valence-corrected chi connectivity index (χ3v) is 26.1. The molecule has 24 atom stereocenters. The van der Waals surface area contributed by atoms with E-state index in [2.05, 4.69) is 26.0 Å². The number of carbonyl (C=O) groups excluding carboxylic acids is 7. The number of aliphatic hydroxyl groups excluding tert-OH is 8. The van der Waals surface area contributed by atoms with Gasteiger partial charge in [0.05, 0.1) is 63.4 Å². The van der Waals surface area contributed by atoms with Gasteiger partial charge < -0.3 is 137 Å². The second-order valence-electron chi connectivity index (χ2n) is 34.4. The van der Waals surface area contributed by atoms with Gasteiger partial charge in [-0.2, -0.15) is 0 Å². The minimum absolute atomic E-state index is 0.0640. The third kappa shape index (κ3) is 22.9. The van der Waals surface area contributed by atoms with Crippen LogP contribution in [0, 0.1) is 17.8 Å². The molecular weight excluding hydrogens is 1820 g/mol. The predicted molar refractivity (Wildman–Crippen MR) is 461 cm³/mol. The maximum atomic E-state index is 16.6. The zero-order valence-corrected chi connectivity index (χ0v) is 74.2. The Kier molecular flexibility index (Phi) is 31.2. The number of hydrogen-bond acceptors (Lipinski definition) is 30. The molecule has 133 heavy (non-hydrogen) atoms. The van der Waals surface area contributed by atoms with E-state index in [9.17, 15) is 93.0 Å². The van der Waals surface area contributed by atoms with Crippen LogP contribution in [0.25, 0.3) is 11.1 Å². The number of alkyl halides is 3. The Morgan fingerprint density at radius 1 is 0.692 bits per heavy atom. The number of carboxylic acids is 1. The van der Waals surface area contributed by atoms with Gasteiger partial charge in [-0.15, -0.1) is 13.2 Å². The van der Waals surface area contributed by atoms with Crippen LogP contribution < -0.4 is 51.7 Å². The van der Waals surface area contributed by atoms with Crippen LogP contribution in [0.3, 0.4) is 0 Å². The number of nitrogens with two attached hydrogens (primary N) is 2. The summed E-state index contributed by atoms with van der Waals surface area (Å²) in [5, 5.41) is 149. The van der Waals surface area contributed by atoms with Crippen molar-refractivity contribution in [3.8, 4) is 62.9 Å². The first-order valence-corrected chi connectivity index (χ1v) is 44.7. The number of benzene rings is 7. The number of nitrogens with one attached hydrogen (secondary N) is 4. The number of phenols is 3. The SMILES string of the molecule is CC[C@H](CC(C)C)C(=O)N[C@H]1C(=O)C[C@@H](CC(N)=O)C(=O)N[C@H]2C(=O)C[C@H]3C(=O)N[C@H](C(=O)N[C@@H](C(=O)O)c4cc(O)cc(O)c4-c4cc3ccc4O)[C@H](OC3C[C@](C)(N)[C@@H](O)[C@H](C)O3)c3ccc(c(Cl)c3)Oc3cc2cc(c3O[C@@H]2O[C@H](CO)[C@@H](O[C@@H]3O[C@H](CCCc4cccc(S(=O)Cc5ccc(OC(F)(F)F)cc5)c4)[C@H](O)[C@H](O)[C@H]3O)[C@H](O)[C@H]2O)Oc2ccc(cc2Cl)[C@H]1O. The Hall–Kier alpha value is -10.7. The van der Waals surface area contributed by atoms with Crippen LogP contribution in [0.1, 0.15) is 155 Å². The number of aromatic hydroxyl groups is 3. The van der Waals surface area contributed by atoms with Gasteiger partial charge in [0.2, 0.25) is 41.6 Å². The van der Waals surface area contributed by atoms with Gasteiger partial charge in [0, 0.05) is 64.8 Å². The summed E-state index contributed by atoms with van der Waals surface area (Å²) in [6.45, 7) is 7.19. The van der Waals surface area contributed by atoms with E-state index in [4.69, 9.17) is 72.6 Å². The third-order valence-electron chi connectivity index (χ3n) is 24.1. The topological polar surface area (TPSA) is 580 Å². The summed E-state index contributed by atoms with van der Waals surface area (Å²) in [4.78, 5) is 121. The number of carbonyl (C=O) groups is 8. The lowest BCUT2D eigenvalue weighted by Gasteiger charge is -2.46. The van der Waals surface area contributed by atoms with Crippen LogP contribution in [0.5, 0.6) is 51.7 Å². The number of amides is 5. The molecule has 7 aromatic carbocycles. The molecule has 8 aliphatic heterocycles. The molecule has 0 radical (unpaired) electrons. The quantitative estimate of drug-likeness (QED) is 0.0321. The number of fused-ring (bicyclic) bond motifs is 15. The monoisotopic (exact) mass is 1920 g/mol. The minimum atomic E-state index is -4.92. The van der Waals surface area contributed by atoms with Crippen LogP contribution >= 0.6 is 23.2 Å². The van der Waals surface area contributed by atoms with Crippen molar-refractivity contribution >= 4 is 81.1 Å². The van der Waals surface area contributed by atoms with E-state index in [0.717, 1.165) is 72.8 Å². The fraction of sp³-hybridized carbons (Fsp3) is 0.451. The van der Waals surface area contributed by atoms with E-state index in [-0.39, 0.29) is 60.5 Å². The molecule has 2 unspecified atom stereocenters. The van der Waals surface area contributed by atoms with E-state index in [1.165, 1.54) is 44.2 Å². The number of carboxylic acid groups (broad SMARTS) is 1. The van der Waals surface area contributed by atoms with Gasteiger partial charge >= 0.3 is 12.3 Å². The molecule has 42 heteroatoms. The highest BCUT2D eigenvalue weighted by atomic mass is 35.5. The van der Waals surface area contributed by atoms with Gasteiger partial charge in [-0.25, -0.2) is 4.79 Å². The van der Waals surface area contributed by atoms with E-state index in [0.29, 0.717) is 22.4 Å². The highest BCUT2D eigenvalue weighted by Gasteiger charge is 2.53. The summed E-state index contributed by atoms with van der Waals surface area (Å²) in [6.07, 6.45) is -35.7. The van der Waals surface area contributed by atoms with Gasteiger partial charge in [-0.1, -0.05) is 86.4 Å². The maximum absolute atomic E-state index is 16.6. The van der Waals surface area contributed by atoms with E-state index in [1.54, 1.807) is 31.2 Å². The zero-order chi connectivity index (χ0) is 96.4. The van der Waals surface area contributed by atoms with Crippen molar-refractivity contribution in [3.05, 3.63) is 176 Å². The fourth-order valence-corrected chi connectivity index (χ4v) is 18.8. The molecule has 3 saturated heterocycles. The number of aliphatic hydroxyl groups is 8. The standard InChI is InChI=1S/C91H101Cl2F3N6O30S/c1-6-42(23-38(2)3)83(117)101-71-58(107)28-47(31-66(97)109)84(118)99-69-46-29-63(125-60-21-16-44(73(71)110)26-54(60)92)80(130-89-78(115)76(113)81(65(36-103)128-89)131-88-77(114)75(112)74(111)62(127-88)12-8-10-40-9-7-11-50(24-40)133(123)37-41-13-18-49(19-14-41)132-91(94,95)96)64(30-46)126-61-22-17-45(27-55(61)93)79(129-67-35-90(5,98)82(116)39(4)124-67)72-86(120)100-70(87(121)122)53-32-48(104)33-57(106)68(53)52-25-43(15-20-56(52)105)51(34-59(69)108)85(119)102-72/h7,9,11,13-22,24-27,29-30,32-33,38-39,42,47,51,62,65,67,69-79,81-82,88-89,103-106,110-116H,6,8,10,12,23,28,31,34-37,98H2,1-5H3,(H2,97,109)(H,99,118)(H,100,120)(H,101,117)(H,102,119)(H,121,122)/t39-,42+,47-,51+,62+,65+,67?,69+,70+,71-,72-,73+,74-,75-,76+,77+,78+,79+,81+,82-,88-,89-,90-,133?/m0/s1. The van der Waals surface area contributed by atoms with Crippen molar-refractivity contribution < 1.29 is 160 Å². The number of primary amides is 1. The smallest absolute Gasteiger partial charge is 0.508 e. The van der Waals surface area contributed by atoms with Crippen LogP contribution in [0.4, 0.5) is 13.2 Å². The molecule has 7 aromatic rings. The number of ether oxygens (including phenoxy) is 9. The summed E-state index contributed by atoms with van der Waals surface area (Å²) >= 11 is 14.6. The Labute approximate surface area is 770 Å². The maximum Gasteiger partial charge on any atom is 0.573 e. The summed E-state index contributed by atoms with van der Waals surface area (Å²) in [6, 6.07) is 16.6. The lowest BCUT2D eigenvalue weighted by molar-refractivity contribution is -0.351. The van der Waals surface area contributed by atoms with Gasteiger partial charge in [0.25, 0.3) is 0 Å². The van der Waals surface area contributed by atoms with Crippen molar-refractivity contribution in [3.63, 3.8) is 0 Å². The Bertz CT molecular complexity index is 5550. The normalized spacial score (nSPS) is 29.1. The van der Waals surface area contributed by atoms with Gasteiger partial charge in [-0.05, 0) is 164 Å². The fourth-order valence-electron chi connectivity index (χ4n) is 17.2. The van der Waals surface area contributed by atoms with Gasteiger partial charge in [-0.3, -0.25) is 37.8 Å². The van der Waals surface area contributed by atoms with Crippen LogP contribution in [0.15, 0.2) is 132 Å². The Morgan fingerprint density at radius 3 is 1.98 bits per heavy atom. The first-order chi connectivity index (χ1) is 62.8. The van der Waals surface area contributed by atoms with Crippen molar-refractivity contribution in [2.24, 2.45) is 29.2 Å². The highest BCUT2D eigenvalue weighted by molar-refractivity contribution is 7.84. The molecule has 11 bridgehead atoms. The van der Waals surface area contributed by atoms with Crippen LogP contribution in [0.2, 0.25) is 10.0 Å². The molecule has 0 aliphatic carbocycles. The predicted octanol–water partition coefficient (Wildman–Crippen LogP) is 6.58. The number of aliphatic carboxylic acids is 1. The van der Waals surface area contributed by atoms with Crippen LogP contribution in [-0.2, 0) is 85.0 Å². The molecule has 3 fully saturated rings. The molecule has 0 saturated carbocycles. The Balaban J connectivity index is 0.926. The number of rotatable bonds is 23. The Morgan fingerprint density at radius 2 is 1.35 bits per heavy atom. The van der Waals surface area contributed by atoms with Crippen molar-refractivity contribution in [2.75, 3.05) is 6.61 Å². The molecule has 20 N–H and O–H groups in total. The zero-order valence-electron chi connectivity index (χ0n) is 71.8. The number of phenolic OH excluding ortho intramolecular Hbond substituents is 3. The first-order valence-electron chi connectivity index (χ1n) is 42.6. The molecule has 8 aliphatic rings. The largest absolute Gasteiger partial charge is 0.573 e. The summed E-state index contributed by atoms with van der Waals surface area (Å²) in [7, 11) is -1.69. The lowest BCUT2D eigenvalue weighted by atomic mass is 9.84. The van der Waals surface area contributed by atoms with E-state index < -0.39 is 314 Å². The molecule has 716 valence electrons. The minimum Gasteiger partial charge on any atom is -0.508 e.